The van der Waals surface area contributed by atoms with Gasteiger partial charge in [0, 0.05) is 36.7 Å². The van der Waals surface area contributed by atoms with E-state index in [9.17, 15) is 14.7 Å². The molecule has 1 aliphatic carbocycles. The quantitative estimate of drug-likeness (QED) is 0.460. The molecule has 2 aromatic rings. The molecule has 2 aliphatic heterocycles. The second-order valence-corrected chi connectivity index (χ2v) is 11.4. The van der Waals surface area contributed by atoms with E-state index in [4.69, 9.17) is 4.74 Å². The summed E-state index contributed by atoms with van der Waals surface area (Å²) in [5.41, 5.74) is 1.16. The van der Waals surface area contributed by atoms with Gasteiger partial charge < -0.3 is 14.7 Å². The molecule has 2 saturated heterocycles. The largest absolute Gasteiger partial charge is 0.478 e. The number of anilines is 1. The average molecular weight is 513 g/mol. The van der Waals surface area contributed by atoms with Crippen LogP contribution in [0.2, 0.25) is 0 Å². The van der Waals surface area contributed by atoms with Crippen molar-refractivity contribution in [3.05, 3.63) is 42.0 Å². The molecule has 1 aromatic heterocycles. The van der Waals surface area contributed by atoms with Crippen molar-refractivity contribution in [3.8, 4) is 10.4 Å². The van der Waals surface area contributed by atoms with Gasteiger partial charge in [-0.25, -0.2) is 4.79 Å². The third-order valence-corrected chi connectivity index (χ3v) is 8.99. The number of carboxylic acid groups (broad SMARTS) is 1. The predicted molar refractivity (Wildman–Crippen MR) is 146 cm³/mol. The first-order valence-electron chi connectivity index (χ1n) is 13.5. The number of carboxylic acids is 1. The summed E-state index contributed by atoms with van der Waals surface area (Å²) >= 11 is 1.38. The topological polar surface area (TPSA) is 70.1 Å². The molecule has 0 radical (unpaired) electrons. The number of amides is 1. The van der Waals surface area contributed by atoms with Crippen LogP contribution in [0.4, 0.5) is 5.00 Å². The van der Waals surface area contributed by atoms with E-state index < -0.39 is 5.97 Å². The molecule has 7 heteroatoms. The molecule has 1 amide bonds. The van der Waals surface area contributed by atoms with Gasteiger partial charge in [0.1, 0.15) is 5.00 Å². The average Bonchev–Trinajstić information content (AvgIpc) is 3.37. The van der Waals surface area contributed by atoms with E-state index in [1.54, 1.807) is 11.0 Å². The third kappa shape index (κ3) is 6.96. The van der Waals surface area contributed by atoms with Crippen LogP contribution < -0.4 is 4.90 Å². The molecule has 1 N–H and O–H groups in total. The van der Waals surface area contributed by atoms with Gasteiger partial charge in [-0.15, -0.1) is 11.3 Å². The fourth-order valence-electron chi connectivity index (χ4n) is 5.62. The number of hydrogen-bond donors (Lipinski definition) is 1. The Morgan fingerprint density at radius 3 is 2.33 bits per heavy atom. The third-order valence-electron chi connectivity index (χ3n) is 7.79. The number of hydrogen-bond acceptors (Lipinski definition) is 5. The van der Waals surface area contributed by atoms with Gasteiger partial charge in [-0.2, -0.15) is 0 Å². The van der Waals surface area contributed by atoms with Crippen molar-refractivity contribution in [2.75, 3.05) is 31.2 Å². The summed E-state index contributed by atoms with van der Waals surface area (Å²) in [6.07, 6.45) is 12.2. The molecular formula is C29H40N2O4S. The van der Waals surface area contributed by atoms with Gasteiger partial charge in [0.05, 0.1) is 12.2 Å². The molecule has 3 heterocycles. The number of carbonyl (C=O) groups excluding carboxylic acids is 1. The van der Waals surface area contributed by atoms with Gasteiger partial charge in [-0.1, -0.05) is 69.4 Å². The van der Waals surface area contributed by atoms with Crippen LogP contribution in [-0.4, -0.2) is 60.8 Å². The van der Waals surface area contributed by atoms with E-state index in [0.717, 1.165) is 74.8 Å². The van der Waals surface area contributed by atoms with E-state index >= 15 is 0 Å². The van der Waals surface area contributed by atoms with Crippen LogP contribution in [0.3, 0.4) is 0 Å². The lowest BCUT2D eigenvalue weighted by Gasteiger charge is -2.41. The minimum atomic E-state index is -0.998. The van der Waals surface area contributed by atoms with Crippen LogP contribution in [0.1, 0.15) is 75.1 Å². The smallest absolute Gasteiger partial charge is 0.338 e. The number of aromatic carboxylic acids is 1. The summed E-state index contributed by atoms with van der Waals surface area (Å²) in [7, 11) is 0. The number of rotatable bonds is 6. The maximum Gasteiger partial charge on any atom is 0.338 e. The Hall–Kier alpha value is -2.22. The summed E-state index contributed by atoms with van der Waals surface area (Å²) in [5, 5.41) is 10.3. The molecule has 1 saturated carbocycles. The highest BCUT2D eigenvalue weighted by atomic mass is 32.1. The van der Waals surface area contributed by atoms with Gasteiger partial charge in [0.15, 0.2) is 0 Å². The van der Waals surface area contributed by atoms with Crippen LogP contribution in [0.5, 0.6) is 0 Å². The highest BCUT2D eigenvalue weighted by molar-refractivity contribution is 7.20. The first-order valence-corrected chi connectivity index (χ1v) is 14.4. The van der Waals surface area contributed by atoms with Gasteiger partial charge >= 0.3 is 5.97 Å². The zero-order chi connectivity index (χ0) is 25.3. The summed E-state index contributed by atoms with van der Waals surface area (Å²) in [5.74, 6) is 0.0378. The molecule has 1 atom stereocenters. The second-order valence-electron chi connectivity index (χ2n) is 10.4. The minimum Gasteiger partial charge on any atom is -0.478 e. The Bertz CT molecular complexity index is 959. The summed E-state index contributed by atoms with van der Waals surface area (Å²) < 4.78 is 5.62. The van der Waals surface area contributed by atoms with Crippen LogP contribution >= 0.6 is 11.3 Å². The number of piperidine rings is 1. The highest BCUT2D eigenvalue weighted by Crippen LogP contribution is 2.39. The number of carbonyl (C=O) groups is 2. The SMILES string of the molecule is CC1CCCCC1.O=CN(c1sc(-c2ccccc2)cc1C(=O)O)C1CCN(C2CCCOC2)CC1. The van der Waals surface area contributed by atoms with Crippen molar-refractivity contribution < 1.29 is 19.4 Å². The number of nitrogens with zero attached hydrogens (tertiary/aromatic N) is 2. The fraction of sp³-hybridized carbons (Fsp3) is 0.586. The molecular weight excluding hydrogens is 472 g/mol. The zero-order valence-electron chi connectivity index (χ0n) is 21.4. The maximum atomic E-state index is 12.0. The first kappa shape index (κ1) is 26.8. The second kappa shape index (κ2) is 13.4. The normalized spacial score (nSPS) is 21.9. The molecule has 6 nitrogen and oxygen atoms in total. The van der Waals surface area contributed by atoms with Crippen molar-refractivity contribution in [1.29, 1.82) is 0 Å². The van der Waals surface area contributed by atoms with E-state index in [1.165, 1.54) is 43.4 Å². The Morgan fingerprint density at radius 2 is 1.78 bits per heavy atom. The van der Waals surface area contributed by atoms with Crippen molar-refractivity contribution >= 4 is 28.7 Å². The van der Waals surface area contributed by atoms with Crippen molar-refractivity contribution in [1.82, 2.24) is 4.90 Å². The zero-order valence-corrected chi connectivity index (χ0v) is 22.3. The van der Waals surface area contributed by atoms with Crippen molar-refractivity contribution in [2.45, 2.75) is 76.8 Å². The number of ether oxygens (including phenoxy) is 1. The van der Waals surface area contributed by atoms with Crippen LogP contribution in [0.15, 0.2) is 36.4 Å². The van der Waals surface area contributed by atoms with Crippen LogP contribution in [0.25, 0.3) is 10.4 Å². The Morgan fingerprint density at radius 1 is 1.06 bits per heavy atom. The molecule has 3 aliphatic rings. The van der Waals surface area contributed by atoms with Crippen LogP contribution in [0, 0.1) is 5.92 Å². The number of likely N-dealkylation sites (tertiary alicyclic amines) is 1. The van der Waals surface area contributed by atoms with E-state index in [2.05, 4.69) is 11.8 Å². The minimum absolute atomic E-state index is 0.0219. The highest BCUT2D eigenvalue weighted by Gasteiger charge is 2.32. The first-order chi connectivity index (χ1) is 17.6. The lowest BCUT2D eigenvalue weighted by Crippen LogP contribution is -2.50. The van der Waals surface area contributed by atoms with Gasteiger partial charge in [-0.3, -0.25) is 9.69 Å². The summed E-state index contributed by atoms with van der Waals surface area (Å²) in [6, 6.07) is 11.9. The fourth-order valence-corrected chi connectivity index (χ4v) is 6.81. The molecule has 196 valence electrons. The van der Waals surface area contributed by atoms with Crippen molar-refractivity contribution in [3.63, 3.8) is 0 Å². The number of benzene rings is 1. The van der Waals surface area contributed by atoms with E-state index in [1.807, 2.05) is 30.3 Å². The summed E-state index contributed by atoms with van der Waals surface area (Å²) in [4.78, 5) is 28.9. The lowest BCUT2D eigenvalue weighted by atomic mass is 9.91. The molecule has 1 aromatic carbocycles. The molecule has 0 spiro atoms. The number of thiophene rings is 1. The van der Waals surface area contributed by atoms with E-state index in [0.29, 0.717) is 11.0 Å². The molecule has 36 heavy (non-hydrogen) atoms. The van der Waals surface area contributed by atoms with Crippen molar-refractivity contribution in [2.24, 2.45) is 5.92 Å². The molecule has 0 bridgehead atoms. The maximum absolute atomic E-state index is 12.0. The molecule has 1 unspecified atom stereocenters. The van der Waals surface area contributed by atoms with Gasteiger partial charge in [0.2, 0.25) is 6.41 Å². The van der Waals surface area contributed by atoms with E-state index in [-0.39, 0.29) is 11.6 Å². The standard InChI is InChI=1S/C22H26N2O4S.C7H14/c25-15-24(17-8-10-23(11-9-17)18-7-4-12-28-14-18)21-19(22(26)27)13-20(29-21)16-5-2-1-3-6-16;1-7-5-3-2-4-6-7/h1-3,5-6,13,15,17-18H,4,7-12,14H2,(H,26,27);7H,2-6H2,1H3. The Balaban J connectivity index is 0.000000375. The molecule has 5 rings (SSSR count). The summed E-state index contributed by atoms with van der Waals surface area (Å²) in [6.45, 7) is 5.81. The molecule has 3 fully saturated rings. The van der Waals surface area contributed by atoms with Crippen LogP contribution in [-0.2, 0) is 9.53 Å². The van der Waals surface area contributed by atoms with Gasteiger partial charge in [-0.05, 0) is 43.2 Å². The Labute approximate surface area is 219 Å². The monoisotopic (exact) mass is 512 g/mol. The lowest BCUT2D eigenvalue weighted by molar-refractivity contribution is -0.108. The Kier molecular flexibility index (Phi) is 9.96. The van der Waals surface area contributed by atoms with Gasteiger partial charge in [0.25, 0.3) is 0 Å². The predicted octanol–water partition coefficient (Wildman–Crippen LogP) is 6.31.